The molecule has 0 aromatic heterocycles. The standard InChI is InChI=1S/C17H27NO/c1-14(2)10-13-17(11-6-7-12-17)16(19)18-15-8-4-3-5-9-15/h3-4,8,14H,5-7,9-13H2,1-2H3,(H,18,19). The van der Waals surface area contributed by atoms with Crippen LogP contribution in [0, 0.1) is 11.3 Å². The molecule has 0 saturated heterocycles. The van der Waals surface area contributed by atoms with Gasteiger partial charge in [-0.15, -0.1) is 0 Å². The van der Waals surface area contributed by atoms with Gasteiger partial charge in [-0.05, 0) is 50.5 Å². The highest BCUT2D eigenvalue weighted by Gasteiger charge is 2.40. The molecular weight excluding hydrogens is 234 g/mol. The van der Waals surface area contributed by atoms with Gasteiger partial charge in [-0.25, -0.2) is 0 Å². The van der Waals surface area contributed by atoms with E-state index in [1.54, 1.807) is 0 Å². The number of carbonyl (C=O) groups is 1. The van der Waals surface area contributed by atoms with E-state index in [2.05, 4.69) is 31.3 Å². The molecule has 1 saturated carbocycles. The van der Waals surface area contributed by atoms with Crippen LogP contribution >= 0.6 is 0 Å². The molecule has 2 aliphatic rings. The van der Waals surface area contributed by atoms with Crippen LogP contribution in [0.2, 0.25) is 0 Å². The summed E-state index contributed by atoms with van der Waals surface area (Å²) in [6.45, 7) is 4.49. The minimum atomic E-state index is -0.0771. The second-order valence-corrected chi connectivity index (χ2v) is 6.53. The van der Waals surface area contributed by atoms with Crippen LogP contribution in [-0.4, -0.2) is 5.91 Å². The van der Waals surface area contributed by atoms with Crippen molar-refractivity contribution in [2.45, 2.75) is 65.2 Å². The minimum absolute atomic E-state index is 0.0771. The highest BCUT2D eigenvalue weighted by atomic mass is 16.2. The molecule has 19 heavy (non-hydrogen) atoms. The molecule has 2 aliphatic carbocycles. The molecule has 0 aliphatic heterocycles. The van der Waals surface area contributed by atoms with Crippen molar-refractivity contribution in [2.75, 3.05) is 0 Å². The Labute approximate surface area is 117 Å². The molecular formula is C17H27NO. The summed E-state index contributed by atoms with van der Waals surface area (Å²) in [5.41, 5.74) is 1.02. The second-order valence-electron chi connectivity index (χ2n) is 6.53. The summed E-state index contributed by atoms with van der Waals surface area (Å²) < 4.78 is 0. The van der Waals surface area contributed by atoms with Crippen molar-refractivity contribution in [1.29, 1.82) is 0 Å². The second kappa shape index (κ2) is 6.40. The number of carbonyl (C=O) groups excluding carboxylic acids is 1. The summed E-state index contributed by atoms with van der Waals surface area (Å²) in [7, 11) is 0. The number of rotatable bonds is 5. The van der Waals surface area contributed by atoms with Crippen molar-refractivity contribution in [2.24, 2.45) is 11.3 Å². The summed E-state index contributed by atoms with van der Waals surface area (Å²) in [6, 6.07) is 0. The Morgan fingerprint density at radius 3 is 2.68 bits per heavy atom. The van der Waals surface area contributed by atoms with E-state index < -0.39 is 0 Å². The molecule has 0 aromatic carbocycles. The Kier molecular flexibility index (Phi) is 4.84. The maximum Gasteiger partial charge on any atom is 0.230 e. The largest absolute Gasteiger partial charge is 0.329 e. The van der Waals surface area contributed by atoms with Crippen molar-refractivity contribution >= 4 is 5.91 Å². The summed E-state index contributed by atoms with van der Waals surface area (Å²) >= 11 is 0. The zero-order valence-electron chi connectivity index (χ0n) is 12.4. The Hall–Kier alpha value is -1.05. The first kappa shape index (κ1) is 14.4. The maximum atomic E-state index is 12.7. The summed E-state index contributed by atoms with van der Waals surface area (Å²) in [6.07, 6.45) is 15.1. The van der Waals surface area contributed by atoms with Gasteiger partial charge in [-0.1, -0.05) is 38.8 Å². The van der Waals surface area contributed by atoms with Crippen LogP contribution in [0.5, 0.6) is 0 Å². The van der Waals surface area contributed by atoms with E-state index in [1.807, 2.05) is 6.08 Å². The van der Waals surface area contributed by atoms with Crippen LogP contribution in [0.1, 0.15) is 65.2 Å². The molecule has 0 radical (unpaired) electrons. The molecule has 0 spiro atoms. The molecule has 0 aromatic rings. The number of allylic oxidation sites excluding steroid dienone is 4. The average Bonchev–Trinajstić information content (AvgIpc) is 2.87. The molecule has 106 valence electrons. The Bertz CT molecular complexity index is 373. The van der Waals surface area contributed by atoms with Crippen molar-refractivity contribution in [3.05, 3.63) is 23.9 Å². The summed E-state index contributed by atoms with van der Waals surface area (Å²) in [4.78, 5) is 12.7. The molecule has 1 N–H and O–H groups in total. The number of nitrogens with one attached hydrogen (secondary N) is 1. The average molecular weight is 261 g/mol. The van der Waals surface area contributed by atoms with Gasteiger partial charge in [-0.3, -0.25) is 4.79 Å². The Morgan fingerprint density at radius 2 is 2.11 bits per heavy atom. The lowest BCUT2D eigenvalue weighted by Crippen LogP contribution is -2.39. The fourth-order valence-corrected chi connectivity index (χ4v) is 3.19. The molecule has 0 bridgehead atoms. The normalized spacial score (nSPS) is 21.5. The lowest BCUT2D eigenvalue weighted by Gasteiger charge is -2.29. The molecule has 1 amide bonds. The van der Waals surface area contributed by atoms with E-state index in [0.717, 1.165) is 44.2 Å². The third-order valence-corrected chi connectivity index (χ3v) is 4.53. The molecule has 0 unspecified atom stereocenters. The first-order valence-corrected chi connectivity index (χ1v) is 7.79. The number of hydrogen-bond donors (Lipinski definition) is 1. The fraction of sp³-hybridized carbons (Fsp3) is 0.706. The van der Waals surface area contributed by atoms with Gasteiger partial charge in [0.2, 0.25) is 5.91 Å². The lowest BCUT2D eigenvalue weighted by molar-refractivity contribution is -0.130. The van der Waals surface area contributed by atoms with Crippen LogP contribution in [0.25, 0.3) is 0 Å². The van der Waals surface area contributed by atoms with E-state index >= 15 is 0 Å². The number of hydrogen-bond acceptors (Lipinski definition) is 1. The minimum Gasteiger partial charge on any atom is -0.329 e. The zero-order chi connectivity index (χ0) is 13.7. The van der Waals surface area contributed by atoms with Gasteiger partial charge in [0.15, 0.2) is 0 Å². The van der Waals surface area contributed by atoms with Crippen molar-refractivity contribution in [3.8, 4) is 0 Å². The number of amides is 1. The van der Waals surface area contributed by atoms with E-state index in [0.29, 0.717) is 5.92 Å². The van der Waals surface area contributed by atoms with Crippen molar-refractivity contribution in [1.82, 2.24) is 5.32 Å². The van der Waals surface area contributed by atoms with Crippen molar-refractivity contribution < 1.29 is 4.79 Å². The van der Waals surface area contributed by atoms with Crippen LogP contribution in [-0.2, 0) is 4.79 Å². The smallest absolute Gasteiger partial charge is 0.230 e. The van der Waals surface area contributed by atoms with E-state index in [9.17, 15) is 4.79 Å². The van der Waals surface area contributed by atoms with Gasteiger partial charge in [-0.2, -0.15) is 0 Å². The van der Waals surface area contributed by atoms with Gasteiger partial charge < -0.3 is 5.32 Å². The van der Waals surface area contributed by atoms with Crippen LogP contribution in [0.3, 0.4) is 0 Å². The molecule has 2 nitrogen and oxygen atoms in total. The van der Waals surface area contributed by atoms with Gasteiger partial charge >= 0.3 is 0 Å². The van der Waals surface area contributed by atoms with Crippen molar-refractivity contribution in [3.63, 3.8) is 0 Å². The third kappa shape index (κ3) is 3.71. The van der Waals surface area contributed by atoms with Gasteiger partial charge in [0.05, 0.1) is 0 Å². The Morgan fingerprint density at radius 1 is 1.37 bits per heavy atom. The monoisotopic (exact) mass is 261 g/mol. The molecule has 2 rings (SSSR count). The topological polar surface area (TPSA) is 29.1 Å². The lowest BCUT2D eigenvalue weighted by atomic mass is 9.79. The molecule has 0 heterocycles. The molecule has 2 heteroatoms. The highest BCUT2D eigenvalue weighted by Crippen LogP contribution is 2.43. The van der Waals surface area contributed by atoms with Crippen LogP contribution in [0.4, 0.5) is 0 Å². The fourth-order valence-electron chi connectivity index (χ4n) is 3.19. The maximum absolute atomic E-state index is 12.7. The van der Waals surface area contributed by atoms with Gasteiger partial charge in [0, 0.05) is 11.1 Å². The first-order chi connectivity index (χ1) is 9.12. The molecule has 0 atom stereocenters. The summed E-state index contributed by atoms with van der Waals surface area (Å²) in [5, 5.41) is 3.20. The third-order valence-electron chi connectivity index (χ3n) is 4.53. The van der Waals surface area contributed by atoms with Crippen LogP contribution in [0.15, 0.2) is 23.9 Å². The predicted octanol–water partition coefficient (Wildman–Crippen LogP) is 4.33. The van der Waals surface area contributed by atoms with Gasteiger partial charge in [0.25, 0.3) is 0 Å². The highest BCUT2D eigenvalue weighted by molar-refractivity contribution is 5.84. The zero-order valence-corrected chi connectivity index (χ0v) is 12.4. The Balaban J connectivity index is 1.99. The van der Waals surface area contributed by atoms with Gasteiger partial charge in [0.1, 0.15) is 0 Å². The quantitative estimate of drug-likeness (QED) is 0.784. The first-order valence-electron chi connectivity index (χ1n) is 7.79. The van der Waals surface area contributed by atoms with E-state index in [-0.39, 0.29) is 11.3 Å². The van der Waals surface area contributed by atoms with Crippen LogP contribution < -0.4 is 5.32 Å². The van der Waals surface area contributed by atoms with E-state index in [4.69, 9.17) is 0 Å². The van der Waals surface area contributed by atoms with E-state index in [1.165, 1.54) is 12.8 Å². The molecule has 1 fully saturated rings. The SMILES string of the molecule is CC(C)CCC1(C(=O)NC2=CC=CCC2)CCCC1. The summed E-state index contributed by atoms with van der Waals surface area (Å²) in [5.74, 6) is 0.967. The predicted molar refractivity (Wildman–Crippen MR) is 79.6 cm³/mol.